The summed E-state index contributed by atoms with van der Waals surface area (Å²) in [6.07, 6.45) is 0.225. The summed E-state index contributed by atoms with van der Waals surface area (Å²) >= 11 is 0. The van der Waals surface area contributed by atoms with E-state index in [9.17, 15) is 9.59 Å². The quantitative estimate of drug-likeness (QED) is 0.884. The Hall–Kier alpha value is -2.43. The molecule has 0 fully saturated rings. The summed E-state index contributed by atoms with van der Waals surface area (Å²) in [5.74, 6) is 0.184. The first-order valence-electron chi connectivity index (χ1n) is 7.35. The van der Waals surface area contributed by atoms with Crippen molar-refractivity contribution in [2.45, 2.75) is 33.1 Å². The van der Waals surface area contributed by atoms with Crippen LogP contribution in [0.4, 0.5) is 0 Å². The molecular weight excluding hydrogens is 278 g/mol. The third-order valence-corrected chi connectivity index (χ3v) is 3.76. The first-order valence-corrected chi connectivity index (χ1v) is 7.35. The number of rotatable bonds is 5. The molecule has 2 aromatic rings. The molecule has 0 bridgehead atoms. The Morgan fingerprint density at radius 2 is 1.95 bits per heavy atom. The van der Waals surface area contributed by atoms with Crippen molar-refractivity contribution >= 4 is 5.91 Å². The van der Waals surface area contributed by atoms with E-state index >= 15 is 0 Å². The van der Waals surface area contributed by atoms with Crippen LogP contribution in [-0.2, 0) is 11.2 Å². The minimum Gasteiger partial charge on any atom is -0.355 e. The van der Waals surface area contributed by atoms with Crippen molar-refractivity contribution in [3.63, 3.8) is 0 Å². The van der Waals surface area contributed by atoms with Crippen LogP contribution < -0.4 is 11.0 Å². The summed E-state index contributed by atoms with van der Waals surface area (Å²) in [4.78, 5) is 29.8. The lowest BCUT2D eigenvalue weighted by molar-refractivity contribution is -0.120. The number of hydrogen-bond acceptors (Lipinski definition) is 3. The Bertz CT molecular complexity index is 681. The van der Waals surface area contributed by atoms with Crippen molar-refractivity contribution in [3.8, 4) is 0 Å². The normalized spacial score (nSPS) is 12.0. The van der Waals surface area contributed by atoms with Gasteiger partial charge in [-0.25, -0.2) is 4.79 Å². The maximum Gasteiger partial charge on any atom is 0.345 e. The van der Waals surface area contributed by atoms with Gasteiger partial charge in [0.1, 0.15) is 0 Å². The van der Waals surface area contributed by atoms with E-state index in [-0.39, 0.29) is 23.9 Å². The van der Waals surface area contributed by atoms with E-state index in [4.69, 9.17) is 0 Å². The molecule has 5 nitrogen and oxygen atoms in total. The first kappa shape index (κ1) is 15.9. The summed E-state index contributed by atoms with van der Waals surface area (Å²) in [6.45, 7) is 6.19. The van der Waals surface area contributed by atoms with Crippen LogP contribution in [0.1, 0.15) is 35.4 Å². The number of benzene rings is 1. The van der Waals surface area contributed by atoms with Crippen molar-refractivity contribution in [2.75, 3.05) is 6.54 Å². The van der Waals surface area contributed by atoms with Crippen LogP contribution in [0.2, 0.25) is 0 Å². The Labute approximate surface area is 129 Å². The van der Waals surface area contributed by atoms with Crippen molar-refractivity contribution < 1.29 is 4.79 Å². The van der Waals surface area contributed by atoms with Gasteiger partial charge in [-0.3, -0.25) is 4.79 Å². The van der Waals surface area contributed by atoms with Crippen LogP contribution in [0.25, 0.3) is 0 Å². The average Bonchev–Trinajstić information content (AvgIpc) is 2.49. The Kier molecular flexibility index (Phi) is 5.09. The number of carbonyl (C=O) groups is 1. The van der Waals surface area contributed by atoms with E-state index < -0.39 is 0 Å². The summed E-state index contributed by atoms with van der Waals surface area (Å²) in [5.41, 5.74) is 2.90. The van der Waals surface area contributed by atoms with E-state index in [0.717, 1.165) is 5.56 Å². The SMILES string of the molecule is Cc1nc(=O)[nH]c(C)c1CC(=O)NC[C@@H](C)c1ccccc1. The molecule has 2 N–H and O–H groups in total. The van der Waals surface area contributed by atoms with Crippen LogP contribution >= 0.6 is 0 Å². The predicted octanol–water partition coefficient (Wildman–Crippen LogP) is 1.85. The van der Waals surface area contributed by atoms with Gasteiger partial charge >= 0.3 is 5.69 Å². The number of nitrogens with zero attached hydrogens (tertiary/aromatic N) is 1. The molecule has 116 valence electrons. The predicted molar refractivity (Wildman–Crippen MR) is 85.9 cm³/mol. The average molecular weight is 299 g/mol. The van der Waals surface area contributed by atoms with Gasteiger partial charge in [-0.1, -0.05) is 37.3 Å². The fourth-order valence-electron chi connectivity index (χ4n) is 2.40. The third kappa shape index (κ3) is 4.04. The highest BCUT2D eigenvalue weighted by molar-refractivity contribution is 5.79. The molecule has 0 unspecified atom stereocenters. The highest BCUT2D eigenvalue weighted by Gasteiger charge is 2.12. The minimum absolute atomic E-state index is 0.0668. The van der Waals surface area contributed by atoms with Gasteiger partial charge in [-0.05, 0) is 25.3 Å². The fraction of sp³-hybridized carbons (Fsp3) is 0.353. The number of carbonyl (C=O) groups excluding carboxylic acids is 1. The summed E-state index contributed by atoms with van der Waals surface area (Å²) in [5, 5.41) is 2.94. The smallest absolute Gasteiger partial charge is 0.345 e. The highest BCUT2D eigenvalue weighted by atomic mass is 16.1. The standard InChI is InChI=1S/C17H21N3O2/c1-11(14-7-5-4-6-8-14)10-18-16(21)9-15-12(2)19-17(22)20-13(15)3/h4-8,11H,9-10H2,1-3H3,(H,18,21)(H,19,20,22)/t11-/m1/s1. The lowest BCUT2D eigenvalue weighted by Gasteiger charge is -2.14. The largest absolute Gasteiger partial charge is 0.355 e. The van der Waals surface area contributed by atoms with E-state index in [2.05, 4.69) is 34.3 Å². The van der Waals surface area contributed by atoms with Crippen LogP contribution in [0, 0.1) is 13.8 Å². The number of nitrogens with one attached hydrogen (secondary N) is 2. The Balaban J connectivity index is 1.95. The molecule has 0 aliphatic carbocycles. The van der Waals surface area contributed by atoms with Gasteiger partial charge in [0.25, 0.3) is 0 Å². The molecule has 0 spiro atoms. The van der Waals surface area contributed by atoms with Crippen LogP contribution in [0.5, 0.6) is 0 Å². The molecule has 0 saturated carbocycles. The van der Waals surface area contributed by atoms with Gasteiger partial charge in [0.15, 0.2) is 0 Å². The molecule has 5 heteroatoms. The summed E-state index contributed by atoms with van der Waals surface area (Å²) in [6, 6.07) is 10.1. The van der Waals surface area contributed by atoms with Gasteiger partial charge in [0, 0.05) is 23.5 Å². The van der Waals surface area contributed by atoms with Crippen LogP contribution in [0.3, 0.4) is 0 Å². The Morgan fingerprint density at radius 3 is 2.59 bits per heavy atom. The third-order valence-electron chi connectivity index (χ3n) is 3.76. The van der Waals surface area contributed by atoms with E-state index in [1.807, 2.05) is 18.2 Å². The fourth-order valence-corrected chi connectivity index (χ4v) is 2.40. The lowest BCUT2D eigenvalue weighted by Crippen LogP contribution is -2.30. The topological polar surface area (TPSA) is 74.8 Å². The first-order chi connectivity index (χ1) is 10.5. The zero-order valence-electron chi connectivity index (χ0n) is 13.1. The molecule has 0 aliphatic heterocycles. The molecule has 0 saturated heterocycles. The van der Waals surface area contributed by atoms with E-state index in [1.54, 1.807) is 13.8 Å². The second kappa shape index (κ2) is 7.02. The zero-order valence-corrected chi connectivity index (χ0v) is 13.1. The monoisotopic (exact) mass is 299 g/mol. The van der Waals surface area contributed by atoms with Crippen molar-refractivity contribution in [2.24, 2.45) is 0 Å². The zero-order chi connectivity index (χ0) is 16.1. The second-order valence-electron chi connectivity index (χ2n) is 5.52. The molecule has 2 rings (SSSR count). The van der Waals surface area contributed by atoms with Gasteiger partial charge in [-0.15, -0.1) is 0 Å². The number of H-pyrrole nitrogens is 1. The molecule has 1 aromatic heterocycles. The molecule has 1 heterocycles. The van der Waals surface area contributed by atoms with Gasteiger partial charge in [0.05, 0.1) is 6.42 Å². The second-order valence-corrected chi connectivity index (χ2v) is 5.52. The molecule has 1 amide bonds. The van der Waals surface area contributed by atoms with Crippen molar-refractivity contribution in [3.05, 3.63) is 63.3 Å². The number of aryl methyl sites for hydroxylation is 2. The maximum atomic E-state index is 12.1. The van der Waals surface area contributed by atoms with E-state index in [0.29, 0.717) is 17.9 Å². The van der Waals surface area contributed by atoms with Crippen molar-refractivity contribution in [1.29, 1.82) is 0 Å². The molecular formula is C17H21N3O2. The summed E-state index contributed by atoms with van der Waals surface area (Å²) < 4.78 is 0. The maximum absolute atomic E-state index is 12.1. The van der Waals surface area contributed by atoms with Gasteiger partial charge in [0.2, 0.25) is 5.91 Å². The number of aromatic nitrogens is 2. The molecule has 1 atom stereocenters. The highest BCUT2D eigenvalue weighted by Crippen LogP contribution is 2.13. The molecule has 0 aliphatic rings. The van der Waals surface area contributed by atoms with Crippen molar-refractivity contribution in [1.82, 2.24) is 15.3 Å². The van der Waals surface area contributed by atoms with Gasteiger partial charge in [-0.2, -0.15) is 4.98 Å². The van der Waals surface area contributed by atoms with E-state index in [1.165, 1.54) is 5.56 Å². The van der Waals surface area contributed by atoms with Crippen LogP contribution in [-0.4, -0.2) is 22.4 Å². The van der Waals surface area contributed by atoms with Gasteiger partial charge < -0.3 is 10.3 Å². The molecule has 1 aromatic carbocycles. The number of aromatic amines is 1. The molecule has 0 radical (unpaired) electrons. The van der Waals surface area contributed by atoms with Crippen LogP contribution in [0.15, 0.2) is 35.1 Å². The lowest BCUT2D eigenvalue weighted by atomic mass is 10.0. The number of hydrogen-bond donors (Lipinski definition) is 2. The number of amides is 1. The minimum atomic E-state index is -0.378. The summed E-state index contributed by atoms with van der Waals surface area (Å²) in [7, 11) is 0. The molecule has 22 heavy (non-hydrogen) atoms. The Morgan fingerprint density at radius 1 is 1.27 bits per heavy atom.